The molecule has 6 rings (SSSR count). The first-order chi connectivity index (χ1) is 16.7. The largest absolute Gasteiger partial charge is 0.508 e. The highest BCUT2D eigenvalue weighted by Crippen LogP contribution is 2.46. The maximum absolute atomic E-state index is 13.4. The van der Waals surface area contributed by atoms with Crippen molar-refractivity contribution in [2.75, 3.05) is 26.2 Å². The highest BCUT2D eigenvalue weighted by Gasteiger charge is 2.32. The third-order valence-electron chi connectivity index (χ3n) is 6.89. The van der Waals surface area contributed by atoms with Crippen molar-refractivity contribution in [1.82, 2.24) is 9.88 Å². The first-order valence-corrected chi connectivity index (χ1v) is 12.0. The number of carbonyl (C=O) groups excluding carboxylic acids is 1. The van der Waals surface area contributed by atoms with E-state index in [0.29, 0.717) is 17.7 Å². The van der Waals surface area contributed by atoms with E-state index in [-0.39, 0.29) is 11.5 Å². The molecule has 0 bridgehead atoms. The summed E-state index contributed by atoms with van der Waals surface area (Å²) in [4.78, 5) is 20.8. The average molecular weight is 451 g/mol. The van der Waals surface area contributed by atoms with Gasteiger partial charge in [-0.1, -0.05) is 24.6 Å². The second kappa shape index (κ2) is 8.58. The Hall–Kier alpha value is -3.70. The molecule has 1 aliphatic carbocycles. The monoisotopic (exact) mass is 450 g/mol. The Morgan fingerprint density at radius 2 is 1.68 bits per heavy atom. The predicted octanol–water partition coefficient (Wildman–Crippen LogP) is 5.68. The smallest absolute Gasteiger partial charge is 0.195 e. The summed E-state index contributed by atoms with van der Waals surface area (Å²) in [6.07, 6.45) is 3.90. The van der Waals surface area contributed by atoms with E-state index in [1.165, 1.54) is 32.4 Å². The van der Waals surface area contributed by atoms with Gasteiger partial charge in [-0.3, -0.25) is 9.69 Å². The van der Waals surface area contributed by atoms with Crippen LogP contribution in [0.1, 0.15) is 35.2 Å². The van der Waals surface area contributed by atoms with E-state index < -0.39 is 0 Å². The van der Waals surface area contributed by atoms with E-state index in [1.54, 1.807) is 12.1 Å². The van der Waals surface area contributed by atoms with Crippen molar-refractivity contribution in [3.05, 3.63) is 77.9 Å². The highest BCUT2D eigenvalue weighted by molar-refractivity contribution is 6.28. The van der Waals surface area contributed by atoms with Crippen molar-refractivity contribution in [3.8, 4) is 33.9 Å². The molecule has 2 heterocycles. The number of aromatic nitrogens is 1. The summed E-state index contributed by atoms with van der Waals surface area (Å²) in [6.45, 7) is 3.96. The van der Waals surface area contributed by atoms with E-state index in [0.717, 1.165) is 45.6 Å². The number of benzene rings is 3. The molecule has 5 nitrogen and oxygen atoms in total. The molecule has 0 saturated carbocycles. The number of para-hydroxylation sites is 1. The summed E-state index contributed by atoms with van der Waals surface area (Å²) >= 11 is 0. The summed E-state index contributed by atoms with van der Waals surface area (Å²) in [5, 5.41) is 10.8. The van der Waals surface area contributed by atoms with E-state index in [2.05, 4.69) is 4.90 Å². The zero-order chi connectivity index (χ0) is 23.1. The van der Waals surface area contributed by atoms with Gasteiger partial charge in [-0.05, 0) is 80.0 Å². The number of phenols is 1. The van der Waals surface area contributed by atoms with Gasteiger partial charge in [0, 0.05) is 34.2 Å². The number of phenolic OH excluding ortho intramolecular Hbond substituents is 1. The number of ether oxygens (including phenoxy) is 1. The number of hydrogen-bond donors (Lipinski definition) is 1. The molecule has 0 amide bonds. The lowest BCUT2D eigenvalue weighted by atomic mass is 9.96. The zero-order valence-electron chi connectivity index (χ0n) is 19.0. The van der Waals surface area contributed by atoms with Crippen molar-refractivity contribution in [3.63, 3.8) is 0 Å². The number of carbonyl (C=O) groups is 1. The molecule has 3 aromatic carbocycles. The molecule has 0 spiro atoms. The Morgan fingerprint density at radius 1 is 0.882 bits per heavy atom. The van der Waals surface area contributed by atoms with Gasteiger partial charge in [0.1, 0.15) is 18.1 Å². The van der Waals surface area contributed by atoms with Gasteiger partial charge in [-0.2, -0.15) is 0 Å². The van der Waals surface area contributed by atoms with Crippen molar-refractivity contribution >= 4 is 16.7 Å². The number of aromatic hydroxyl groups is 1. The SMILES string of the molecule is O=C1c2cc(O)ccc2-c2c(-c3ccc(OCCN4CCCCC4)cc3)nc3ccccc3c21. The van der Waals surface area contributed by atoms with Crippen LogP contribution in [-0.4, -0.2) is 47.0 Å². The fraction of sp³-hybridized carbons (Fsp3) is 0.241. The molecule has 4 aromatic rings. The lowest BCUT2D eigenvalue weighted by Gasteiger charge is -2.26. The van der Waals surface area contributed by atoms with Crippen molar-refractivity contribution < 1.29 is 14.6 Å². The van der Waals surface area contributed by atoms with Gasteiger partial charge in [-0.25, -0.2) is 4.98 Å². The van der Waals surface area contributed by atoms with Crippen LogP contribution in [0, 0.1) is 0 Å². The standard InChI is InChI=1S/C29H26N2O3/c32-20-10-13-22-24(18-20)29(33)27-23-6-2-3-7-25(23)30-28(26(22)27)19-8-11-21(12-9-19)34-17-16-31-14-4-1-5-15-31/h2-3,6-13,18,32H,1,4-5,14-17H2. The van der Waals surface area contributed by atoms with Crippen LogP contribution in [0.3, 0.4) is 0 Å². The van der Waals surface area contributed by atoms with Crippen molar-refractivity contribution in [2.24, 2.45) is 0 Å². The molecule has 5 heteroatoms. The lowest BCUT2D eigenvalue weighted by molar-refractivity contribution is 0.104. The molecule has 2 aliphatic rings. The maximum Gasteiger partial charge on any atom is 0.195 e. The third-order valence-corrected chi connectivity index (χ3v) is 6.89. The Morgan fingerprint density at radius 3 is 2.50 bits per heavy atom. The number of nitrogens with zero attached hydrogens (tertiary/aromatic N) is 2. The fourth-order valence-corrected chi connectivity index (χ4v) is 5.18. The molecule has 1 N–H and O–H groups in total. The summed E-state index contributed by atoms with van der Waals surface area (Å²) in [5.74, 6) is 0.850. The minimum absolute atomic E-state index is 0.0709. The Kier molecular flexibility index (Phi) is 5.27. The second-order valence-electron chi connectivity index (χ2n) is 9.06. The summed E-state index contributed by atoms with van der Waals surface area (Å²) in [6, 6.07) is 20.7. The molecule has 34 heavy (non-hydrogen) atoms. The number of rotatable bonds is 5. The molecule has 1 aromatic heterocycles. The zero-order valence-corrected chi connectivity index (χ0v) is 19.0. The summed E-state index contributed by atoms with van der Waals surface area (Å²) < 4.78 is 6.01. The summed E-state index contributed by atoms with van der Waals surface area (Å²) in [5.41, 5.74) is 5.30. The van der Waals surface area contributed by atoms with E-state index >= 15 is 0 Å². The molecule has 0 radical (unpaired) electrons. The Balaban J connectivity index is 1.35. The van der Waals surface area contributed by atoms with Gasteiger partial charge in [0.15, 0.2) is 5.78 Å². The molecule has 1 fully saturated rings. The van der Waals surface area contributed by atoms with Gasteiger partial charge >= 0.3 is 0 Å². The van der Waals surface area contributed by atoms with Crippen LogP contribution in [0.5, 0.6) is 11.5 Å². The van der Waals surface area contributed by atoms with Crippen LogP contribution in [0.15, 0.2) is 66.7 Å². The maximum atomic E-state index is 13.4. The van der Waals surface area contributed by atoms with Crippen LogP contribution >= 0.6 is 0 Å². The second-order valence-corrected chi connectivity index (χ2v) is 9.06. The minimum atomic E-state index is -0.0709. The summed E-state index contributed by atoms with van der Waals surface area (Å²) in [7, 11) is 0. The molecular weight excluding hydrogens is 424 g/mol. The number of likely N-dealkylation sites (tertiary alicyclic amines) is 1. The number of ketones is 1. The quantitative estimate of drug-likeness (QED) is 0.373. The molecule has 1 saturated heterocycles. The third kappa shape index (κ3) is 3.62. The predicted molar refractivity (Wildman–Crippen MR) is 133 cm³/mol. The first-order valence-electron chi connectivity index (χ1n) is 12.0. The van der Waals surface area contributed by atoms with Crippen LogP contribution in [0.4, 0.5) is 0 Å². The van der Waals surface area contributed by atoms with E-state index in [4.69, 9.17) is 9.72 Å². The minimum Gasteiger partial charge on any atom is -0.508 e. The van der Waals surface area contributed by atoms with Crippen LogP contribution < -0.4 is 4.74 Å². The van der Waals surface area contributed by atoms with Gasteiger partial charge in [-0.15, -0.1) is 0 Å². The number of hydrogen-bond acceptors (Lipinski definition) is 5. The van der Waals surface area contributed by atoms with Gasteiger partial charge in [0.25, 0.3) is 0 Å². The topological polar surface area (TPSA) is 62.7 Å². The lowest BCUT2D eigenvalue weighted by Crippen LogP contribution is -2.33. The Bertz CT molecular complexity index is 1390. The van der Waals surface area contributed by atoms with Crippen LogP contribution in [-0.2, 0) is 0 Å². The van der Waals surface area contributed by atoms with Gasteiger partial charge in [0.05, 0.1) is 11.2 Å². The van der Waals surface area contributed by atoms with Crippen molar-refractivity contribution in [1.29, 1.82) is 0 Å². The van der Waals surface area contributed by atoms with Gasteiger partial charge < -0.3 is 9.84 Å². The van der Waals surface area contributed by atoms with Crippen LogP contribution in [0.2, 0.25) is 0 Å². The van der Waals surface area contributed by atoms with Crippen molar-refractivity contribution in [2.45, 2.75) is 19.3 Å². The first kappa shape index (κ1) is 20.9. The molecule has 1 aliphatic heterocycles. The fourth-order valence-electron chi connectivity index (χ4n) is 5.18. The number of pyridine rings is 1. The Labute approximate surface area is 198 Å². The van der Waals surface area contributed by atoms with Crippen LogP contribution in [0.25, 0.3) is 33.3 Å². The molecule has 170 valence electrons. The average Bonchev–Trinajstić information content (AvgIpc) is 3.17. The van der Waals surface area contributed by atoms with E-state index in [1.807, 2.05) is 54.6 Å². The normalized spacial score (nSPS) is 15.4. The molecular formula is C29H26N2O3. The number of fused-ring (bicyclic) bond motifs is 5. The molecule has 0 atom stereocenters. The van der Waals surface area contributed by atoms with Gasteiger partial charge in [0.2, 0.25) is 0 Å². The number of piperidine rings is 1. The molecule has 0 unspecified atom stereocenters. The highest BCUT2D eigenvalue weighted by atomic mass is 16.5. The van der Waals surface area contributed by atoms with E-state index in [9.17, 15) is 9.90 Å².